The van der Waals surface area contributed by atoms with Gasteiger partial charge in [-0.15, -0.1) is 0 Å². The summed E-state index contributed by atoms with van der Waals surface area (Å²) in [6.45, 7) is 3.00. The Hall–Kier alpha value is -1.33. The molecular weight excluding hydrogens is 160 g/mol. The summed E-state index contributed by atoms with van der Waals surface area (Å²) in [4.78, 5) is 0. The molecule has 1 atom stereocenters. The lowest BCUT2D eigenvalue weighted by Crippen LogP contribution is -2.33. The zero-order valence-electron chi connectivity index (χ0n) is 7.67. The van der Waals surface area contributed by atoms with Gasteiger partial charge in [0, 0.05) is 12.6 Å². The predicted octanol–water partition coefficient (Wildman–Crippen LogP) is 1.59. The monoisotopic (exact) mass is 172 g/mol. The number of nitriles is 1. The van der Waals surface area contributed by atoms with E-state index in [1.54, 1.807) is 0 Å². The van der Waals surface area contributed by atoms with Crippen molar-refractivity contribution in [3.63, 3.8) is 0 Å². The lowest BCUT2D eigenvalue weighted by Gasteiger charge is -2.23. The van der Waals surface area contributed by atoms with E-state index in [9.17, 15) is 0 Å². The van der Waals surface area contributed by atoms with E-state index >= 15 is 0 Å². The van der Waals surface area contributed by atoms with Gasteiger partial charge in [-0.05, 0) is 30.5 Å². The molecule has 1 aliphatic heterocycles. The van der Waals surface area contributed by atoms with Crippen molar-refractivity contribution in [3.05, 3.63) is 34.9 Å². The first kappa shape index (κ1) is 8.28. The third kappa shape index (κ3) is 1.43. The minimum absolute atomic E-state index is 0.529. The van der Waals surface area contributed by atoms with Crippen molar-refractivity contribution in [2.75, 3.05) is 0 Å². The molecular formula is C11H12N2. The Morgan fingerprint density at radius 1 is 1.54 bits per heavy atom. The maximum atomic E-state index is 8.88. The highest BCUT2D eigenvalue weighted by molar-refractivity contribution is 5.44. The van der Waals surface area contributed by atoms with Gasteiger partial charge >= 0.3 is 0 Å². The summed E-state index contributed by atoms with van der Waals surface area (Å²) >= 11 is 0. The number of rotatable bonds is 0. The first-order valence-corrected chi connectivity index (χ1v) is 4.55. The maximum Gasteiger partial charge on any atom is 0.0995 e. The molecule has 13 heavy (non-hydrogen) atoms. The van der Waals surface area contributed by atoms with Gasteiger partial charge in [-0.25, -0.2) is 0 Å². The van der Waals surface area contributed by atoms with Crippen LogP contribution in [-0.2, 0) is 13.0 Å². The second-order valence-electron chi connectivity index (χ2n) is 3.54. The van der Waals surface area contributed by atoms with Crippen molar-refractivity contribution in [2.45, 2.75) is 25.9 Å². The van der Waals surface area contributed by atoms with E-state index in [-0.39, 0.29) is 0 Å². The highest BCUT2D eigenvalue weighted by atomic mass is 14.9. The van der Waals surface area contributed by atoms with Crippen LogP contribution in [0.1, 0.15) is 23.6 Å². The smallest absolute Gasteiger partial charge is 0.0995 e. The zero-order valence-corrected chi connectivity index (χ0v) is 7.67. The summed E-state index contributed by atoms with van der Waals surface area (Å²) in [5.41, 5.74) is 3.32. The Kier molecular flexibility index (Phi) is 2.03. The van der Waals surface area contributed by atoms with Crippen LogP contribution in [0.4, 0.5) is 0 Å². The van der Waals surface area contributed by atoms with E-state index in [0.29, 0.717) is 6.04 Å². The SMILES string of the molecule is C[C@@H]1Cc2cccc(C#N)c2CN1. The maximum absolute atomic E-state index is 8.88. The summed E-state index contributed by atoms with van der Waals surface area (Å²) < 4.78 is 0. The van der Waals surface area contributed by atoms with E-state index in [0.717, 1.165) is 18.5 Å². The molecule has 0 unspecified atom stereocenters. The molecule has 0 saturated heterocycles. The number of fused-ring (bicyclic) bond motifs is 1. The third-order valence-corrected chi connectivity index (χ3v) is 2.55. The van der Waals surface area contributed by atoms with Crippen LogP contribution in [0, 0.1) is 11.3 Å². The van der Waals surface area contributed by atoms with Crippen LogP contribution < -0.4 is 5.32 Å². The molecule has 66 valence electrons. The molecule has 2 heteroatoms. The second-order valence-corrected chi connectivity index (χ2v) is 3.54. The van der Waals surface area contributed by atoms with Crippen LogP contribution >= 0.6 is 0 Å². The average molecular weight is 172 g/mol. The van der Waals surface area contributed by atoms with Crippen molar-refractivity contribution in [2.24, 2.45) is 0 Å². The topological polar surface area (TPSA) is 35.8 Å². The molecule has 1 aromatic carbocycles. The van der Waals surface area contributed by atoms with Crippen LogP contribution in [-0.4, -0.2) is 6.04 Å². The molecule has 0 spiro atoms. The molecule has 1 aliphatic rings. The third-order valence-electron chi connectivity index (χ3n) is 2.55. The zero-order chi connectivity index (χ0) is 9.26. The van der Waals surface area contributed by atoms with E-state index in [1.807, 2.05) is 12.1 Å². The van der Waals surface area contributed by atoms with Crippen LogP contribution in [0.5, 0.6) is 0 Å². The first-order chi connectivity index (χ1) is 6.31. The van der Waals surface area contributed by atoms with E-state index in [4.69, 9.17) is 5.26 Å². The molecule has 2 nitrogen and oxygen atoms in total. The molecule has 0 bridgehead atoms. The lowest BCUT2D eigenvalue weighted by molar-refractivity contribution is 0.513. The molecule has 0 fully saturated rings. The standard InChI is InChI=1S/C11H12N2/c1-8-5-9-3-2-4-10(6-12)11(9)7-13-8/h2-4,8,13H,5,7H2,1H3/t8-/m1/s1. The van der Waals surface area contributed by atoms with Gasteiger partial charge in [0.15, 0.2) is 0 Å². The van der Waals surface area contributed by atoms with Gasteiger partial charge < -0.3 is 5.32 Å². The van der Waals surface area contributed by atoms with Crippen molar-refractivity contribution in [3.8, 4) is 6.07 Å². The fraction of sp³-hybridized carbons (Fsp3) is 0.364. The van der Waals surface area contributed by atoms with Gasteiger partial charge in [-0.2, -0.15) is 5.26 Å². The average Bonchev–Trinajstić information content (AvgIpc) is 2.16. The molecule has 0 amide bonds. The Bertz CT molecular complexity index is 363. The largest absolute Gasteiger partial charge is 0.310 e. The molecule has 1 N–H and O–H groups in total. The number of nitrogens with one attached hydrogen (secondary N) is 1. The lowest BCUT2D eigenvalue weighted by atomic mass is 9.93. The molecule has 1 aromatic rings. The summed E-state index contributed by atoms with van der Waals surface area (Å²) in [6, 6.07) is 8.73. The predicted molar refractivity (Wildman–Crippen MR) is 51.2 cm³/mol. The Labute approximate surface area is 78.2 Å². The quantitative estimate of drug-likeness (QED) is 0.645. The molecule has 1 heterocycles. The number of hydrogen-bond acceptors (Lipinski definition) is 2. The van der Waals surface area contributed by atoms with Crippen molar-refractivity contribution in [1.29, 1.82) is 5.26 Å². The number of benzene rings is 1. The van der Waals surface area contributed by atoms with Crippen molar-refractivity contribution < 1.29 is 0 Å². The van der Waals surface area contributed by atoms with Crippen LogP contribution in [0.2, 0.25) is 0 Å². The van der Waals surface area contributed by atoms with Crippen LogP contribution in [0.15, 0.2) is 18.2 Å². The van der Waals surface area contributed by atoms with E-state index in [1.165, 1.54) is 11.1 Å². The highest BCUT2D eigenvalue weighted by Crippen LogP contribution is 2.19. The summed E-state index contributed by atoms with van der Waals surface area (Å²) in [7, 11) is 0. The van der Waals surface area contributed by atoms with E-state index in [2.05, 4.69) is 24.4 Å². The van der Waals surface area contributed by atoms with Gasteiger partial charge in [0.1, 0.15) is 0 Å². The molecule has 0 aromatic heterocycles. The van der Waals surface area contributed by atoms with Crippen molar-refractivity contribution >= 4 is 0 Å². The molecule has 2 rings (SSSR count). The van der Waals surface area contributed by atoms with Gasteiger partial charge in [0.2, 0.25) is 0 Å². The van der Waals surface area contributed by atoms with Crippen molar-refractivity contribution in [1.82, 2.24) is 5.32 Å². The fourth-order valence-corrected chi connectivity index (χ4v) is 1.82. The Balaban J connectivity index is 2.47. The fourth-order valence-electron chi connectivity index (χ4n) is 1.82. The summed E-state index contributed by atoms with van der Waals surface area (Å²) in [5, 5.41) is 12.2. The summed E-state index contributed by atoms with van der Waals surface area (Å²) in [5.74, 6) is 0. The van der Waals surface area contributed by atoms with Gasteiger partial charge in [0.25, 0.3) is 0 Å². The first-order valence-electron chi connectivity index (χ1n) is 4.55. The minimum atomic E-state index is 0.529. The van der Waals surface area contributed by atoms with E-state index < -0.39 is 0 Å². The second kappa shape index (κ2) is 3.20. The van der Waals surface area contributed by atoms with Gasteiger partial charge in [0.05, 0.1) is 11.6 Å². The van der Waals surface area contributed by atoms with Crippen LogP contribution in [0.25, 0.3) is 0 Å². The number of hydrogen-bond donors (Lipinski definition) is 1. The molecule has 0 saturated carbocycles. The molecule has 0 aliphatic carbocycles. The Morgan fingerprint density at radius 3 is 3.15 bits per heavy atom. The minimum Gasteiger partial charge on any atom is -0.310 e. The van der Waals surface area contributed by atoms with Gasteiger partial charge in [-0.3, -0.25) is 0 Å². The number of nitrogens with zero attached hydrogens (tertiary/aromatic N) is 1. The Morgan fingerprint density at radius 2 is 2.38 bits per heavy atom. The highest BCUT2D eigenvalue weighted by Gasteiger charge is 2.16. The summed E-state index contributed by atoms with van der Waals surface area (Å²) in [6.07, 6.45) is 1.03. The normalized spacial score (nSPS) is 20.5. The van der Waals surface area contributed by atoms with Gasteiger partial charge in [-0.1, -0.05) is 12.1 Å². The molecule has 0 radical (unpaired) electrons. The van der Waals surface area contributed by atoms with Crippen LogP contribution in [0.3, 0.4) is 0 Å².